The van der Waals surface area contributed by atoms with Gasteiger partial charge >= 0.3 is 0 Å². The van der Waals surface area contributed by atoms with Crippen LogP contribution in [0.5, 0.6) is 0 Å². The average molecular weight is 508 g/mol. The number of alkyl halides is 1. The lowest BCUT2D eigenvalue weighted by Crippen LogP contribution is -2.68. The lowest BCUT2D eigenvalue weighted by Gasteiger charge is -2.61. The lowest BCUT2D eigenvalue weighted by atomic mass is 9.54. The molecule has 8 atom stereocenters. The molecule has 3 heterocycles. The minimum absolute atomic E-state index is 0.0705. The molecule has 3 fully saturated rings. The van der Waals surface area contributed by atoms with E-state index in [1.807, 2.05) is 25.1 Å². The number of hydrogen-bond acceptors (Lipinski definition) is 6. The van der Waals surface area contributed by atoms with E-state index in [0.717, 1.165) is 48.6 Å². The van der Waals surface area contributed by atoms with Gasteiger partial charge in [-0.05, 0) is 86.9 Å². The standard InChI is InChI=1S/C29H34ClN3O3/c1-26-9-11-28(30)15-20-24(34)25(35)22(33(2)3)16-27(20)10-12-29(28,36-27)23(26)7-6-19(26)18-5-4-17-8-13-31-32-21(17)14-18/h4-6,8,13-15,22-25,34-35H,7,9-12,16H2,1-3H3/t22-,23?,24+,25+,26+,27+,28?,29-/m0/s1. The molecule has 1 aromatic heterocycles. The van der Waals surface area contributed by atoms with Crippen LogP contribution in [0.4, 0.5) is 0 Å². The third-order valence-electron chi connectivity index (χ3n) is 10.5. The Morgan fingerprint density at radius 2 is 1.94 bits per heavy atom. The quantitative estimate of drug-likeness (QED) is 0.471. The van der Waals surface area contributed by atoms with E-state index in [-0.39, 0.29) is 17.4 Å². The zero-order chi connectivity index (χ0) is 25.1. The summed E-state index contributed by atoms with van der Waals surface area (Å²) in [4.78, 5) is 1.33. The van der Waals surface area contributed by atoms with Crippen molar-refractivity contribution < 1.29 is 14.9 Å². The molecular formula is C29H34ClN3O3. The van der Waals surface area contributed by atoms with Crippen molar-refractivity contribution in [1.82, 2.24) is 15.1 Å². The van der Waals surface area contributed by atoms with Crippen LogP contribution in [-0.2, 0) is 4.74 Å². The monoisotopic (exact) mass is 507 g/mol. The summed E-state index contributed by atoms with van der Waals surface area (Å²) in [5.74, 6) is 0.239. The van der Waals surface area contributed by atoms with E-state index in [2.05, 4.69) is 47.5 Å². The summed E-state index contributed by atoms with van der Waals surface area (Å²) in [5.41, 5.74) is 3.14. The fraction of sp³-hybridized carbons (Fsp3) is 0.586. The molecular weight excluding hydrogens is 474 g/mol. The SMILES string of the molecule is CN(C)[C@H]1C[C@@]23CC[C@]4(O2)C2CC=C(c5ccc6ccnnc6c5)[C@@]2(C)CCC4(Cl)C=C3[C@@H](O)[C@@H]1O. The Labute approximate surface area is 217 Å². The van der Waals surface area contributed by atoms with Gasteiger partial charge in [0.25, 0.3) is 0 Å². The molecule has 190 valence electrons. The summed E-state index contributed by atoms with van der Waals surface area (Å²) in [5, 5.41) is 31.7. The van der Waals surface area contributed by atoms with Gasteiger partial charge in [0.15, 0.2) is 0 Å². The maximum Gasteiger partial charge on any atom is 0.105 e. The highest BCUT2D eigenvalue weighted by atomic mass is 35.5. The number of halogens is 1. The third kappa shape index (κ3) is 2.77. The van der Waals surface area contributed by atoms with Gasteiger partial charge in [-0.25, -0.2) is 0 Å². The minimum Gasteiger partial charge on any atom is -0.388 e. The predicted octanol–water partition coefficient (Wildman–Crippen LogP) is 4.09. The lowest BCUT2D eigenvalue weighted by molar-refractivity contribution is -0.199. The summed E-state index contributed by atoms with van der Waals surface area (Å²) in [6.45, 7) is 2.39. The van der Waals surface area contributed by atoms with E-state index >= 15 is 0 Å². The second-order valence-corrected chi connectivity index (χ2v) is 12.9. The van der Waals surface area contributed by atoms with E-state index < -0.39 is 28.3 Å². The van der Waals surface area contributed by atoms with Crippen LogP contribution >= 0.6 is 11.6 Å². The molecule has 2 spiro atoms. The Balaban J connectivity index is 1.30. The molecule has 5 aliphatic rings. The molecule has 0 amide bonds. The van der Waals surface area contributed by atoms with Crippen LogP contribution in [0.2, 0.25) is 0 Å². The molecule has 2 N–H and O–H groups in total. The highest BCUT2D eigenvalue weighted by Gasteiger charge is 2.73. The van der Waals surface area contributed by atoms with Crippen molar-refractivity contribution in [3.05, 3.63) is 53.8 Å². The highest BCUT2D eigenvalue weighted by molar-refractivity contribution is 6.26. The van der Waals surface area contributed by atoms with Gasteiger partial charge in [0, 0.05) is 17.3 Å². The molecule has 7 rings (SSSR count). The van der Waals surface area contributed by atoms with Crippen LogP contribution in [0.1, 0.15) is 51.0 Å². The van der Waals surface area contributed by atoms with Crippen molar-refractivity contribution in [2.75, 3.05) is 14.1 Å². The van der Waals surface area contributed by atoms with E-state index in [1.165, 1.54) is 11.1 Å². The molecule has 0 radical (unpaired) electrons. The smallest absolute Gasteiger partial charge is 0.105 e. The molecule has 2 unspecified atom stereocenters. The van der Waals surface area contributed by atoms with Gasteiger partial charge in [0.1, 0.15) is 6.10 Å². The first-order valence-corrected chi connectivity index (χ1v) is 13.6. The van der Waals surface area contributed by atoms with E-state index in [0.29, 0.717) is 6.42 Å². The molecule has 1 saturated heterocycles. The number of allylic oxidation sites excluding steroid dienone is 2. The van der Waals surface area contributed by atoms with Gasteiger partial charge in [-0.3, -0.25) is 0 Å². The van der Waals surface area contributed by atoms with Crippen LogP contribution in [0.3, 0.4) is 0 Å². The first kappa shape index (κ1) is 23.3. The number of aliphatic hydroxyl groups is 2. The van der Waals surface area contributed by atoms with Crippen molar-refractivity contribution in [3.8, 4) is 0 Å². The van der Waals surface area contributed by atoms with Gasteiger partial charge in [-0.2, -0.15) is 10.2 Å². The number of ether oxygens (including phenoxy) is 1. The fourth-order valence-electron chi connectivity index (χ4n) is 8.58. The van der Waals surface area contributed by atoms with Crippen molar-refractivity contribution in [3.63, 3.8) is 0 Å². The topological polar surface area (TPSA) is 78.7 Å². The van der Waals surface area contributed by atoms with Crippen molar-refractivity contribution in [1.29, 1.82) is 0 Å². The van der Waals surface area contributed by atoms with Crippen LogP contribution in [0.15, 0.2) is 48.2 Å². The molecule has 2 aliphatic heterocycles. The Bertz CT molecular complexity index is 1330. The normalized spacial score (nSPS) is 45.2. The number of nitrogens with zero attached hydrogens (tertiary/aromatic N) is 3. The maximum atomic E-state index is 11.2. The van der Waals surface area contributed by atoms with Crippen LogP contribution < -0.4 is 0 Å². The molecule has 1 aromatic carbocycles. The van der Waals surface area contributed by atoms with Gasteiger partial charge in [0.05, 0.1) is 33.9 Å². The van der Waals surface area contributed by atoms with Crippen LogP contribution in [-0.4, -0.2) is 73.7 Å². The molecule has 3 aliphatic carbocycles. The average Bonchev–Trinajstić information content (AvgIpc) is 3.39. The van der Waals surface area contributed by atoms with Gasteiger partial charge < -0.3 is 19.8 Å². The van der Waals surface area contributed by atoms with Crippen LogP contribution in [0, 0.1) is 11.3 Å². The second kappa shape index (κ2) is 7.39. The Kier molecular flexibility index (Phi) is 4.78. The predicted molar refractivity (Wildman–Crippen MR) is 140 cm³/mol. The maximum absolute atomic E-state index is 11.2. The summed E-state index contributed by atoms with van der Waals surface area (Å²) >= 11 is 7.54. The number of benzene rings is 1. The summed E-state index contributed by atoms with van der Waals surface area (Å²) < 4.78 is 7.26. The Morgan fingerprint density at radius 3 is 2.75 bits per heavy atom. The highest BCUT2D eigenvalue weighted by Crippen LogP contribution is 2.71. The third-order valence-corrected chi connectivity index (χ3v) is 11.1. The second-order valence-electron chi connectivity index (χ2n) is 12.2. The number of aromatic nitrogens is 2. The van der Waals surface area contributed by atoms with E-state index in [4.69, 9.17) is 16.3 Å². The van der Waals surface area contributed by atoms with Gasteiger partial charge in [-0.1, -0.05) is 31.2 Å². The van der Waals surface area contributed by atoms with Crippen molar-refractivity contribution in [2.45, 2.75) is 79.8 Å². The van der Waals surface area contributed by atoms with Gasteiger partial charge in [0.2, 0.25) is 0 Å². The molecule has 36 heavy (non-hydrogen) atoms. The molecule has 2 saturated carbocycles. The number of aliphatic hydroxyl groups excluding tert-OH is 2. The first-order valence-electron chi connectivity index (χ1n) is 13.2. The molecule has 7 heteroatoms. The first-order chi connectivity index (χ1) is 17.1. The van der Waals surface area contributed by atoms with Crippen molar-refractivity contribution in [2.24, 2.45) is 11.3 Å². The Morgan fingerprint density at radius 1 is 1.11 bits per heavy atom. The summed E-state index contributed by atoms with van der Waals surface area (Å²) in [6, 6.07) is 8.34. The number of likely N-dealkylation sites (N-methyl/N-ethyl adjacent to an activating group) is 1. The Hall–Kier alpha value is -1.83. The zero-order valence-corrected chi connectivity index (χ0v) is 21.9. The zero-order valence-electron chi connectivity index (χ0n) is 21.1. The number of fused-ring (bicyclic) bond motifs is 2. The number of rotatable bonds is 2. The molecule has 2 aromatic rings. The minimum atomic E-state index is -0.956. The largest absolute Gasteiger partial charge is 0.388 e. The molecule has 6 nitrogen and oxygen atoms in total. The number of hydrogen-bond donors (Lipinski definition) is 2. The van der Waals surface area contributed by atoms with Crippen molar-refractivity contribution >= 4 is 28.1 Å². The van der Waals surface area contributed by atoms with E-state index in [9.17, 15) is 10.2 Å². The summed E-state index contributed by atoms with van der Waals surface area (Å²) in [7, 11) is 3.92. The fourth-order valence-corrected chi connectivity index (χ4v) is 9.06. The molecule has 2 bridgehead atoms. The van der Waals surface area contributed by atoms with E-state index in [1.54, 1.807) is 6.20 Å². The van der Waals surface area contributed by atoms with Gasteiger partial charge in [-0.15, -0.1) is 11.6 Å². The van der Waals surface area contributed by atoms with Crippen LogP contribution in [0.25, 0.3) is 16.5 Å². The summed E-state index contributed by atoms with van der Waals surface area (Å²) in [6.07, 6.45) is 9.43.